The number of hydrogen-bond acceptors (Lipinski definition) is 8. The van der Waals surface area contributed by atoms with Gasteiger partial charge in [0.25, 0.3) is 5.88 Å². The molecule has 0 N–H and O–H groups in total. The van der Waals surface area contributed by atoms with Gasteiger partial charge in [0.05, 0.1) is 11.3 Å². The molecule has 1 aliphatic rings. The minimum atomic E-state index is 0.270. The third-order valence-corrected chi connectivity index (χ3v) is 6.25. The van der Waals surface area contributed by atoms with E-state index >= 15 is 0 Å². The van der Waals surface area contributed by atoms with Crippen molar-refractivity contribution in [2.24, 2.45) is 5.16 Å². The maximum Gasteiger partial charge on any atom is 0.256 e. The number of hydrogen-bond donors (Lipinski definition) is 0. The molecule has 4 rings (SSSR count). The molecule has 180 valence electrons. The molecule has 0 aliphatic carbocycles. The third kappa shape index (κ3) is 5.61. The first-order valence-corrected chi connectivity index (χ1v) is 12.3. The summed E-state index contributed by atoms with van der Waals surface area (Å²) in [5, 5.41) is 8.62. The van der Waals surface area contributed by atoms with Crippen LogP contribution in [0.5, 0.6) is 5.88 Å². The Morgan fingerprint density at radius 2 is 1.94 bits per heavy atom. The van der Waals surface area contributed by atoms with Crippen molar-refractivity contribution in [1.29, 1.82) is 0 Å². The first-order chi connectivity index (χ1) is 16.6. The lowest BCUT2D eigenvalue weighted by Gasteiger charge is -2.32. The number of anilines is 1. The molecule has 3 heterocycles. The summed E-state index contributed by atoms with van der Waals surface area (Å²) in [5.74, 6) is 3.47. The van der Waals surface area contributed by atoms with Gasteiger partial charge in [0.15, 0.2) is 5.82 Å². The van der Waals surface area contributed by atoms with Gasteiger partial charge >= 0.3 is 0 Å². The summed E-state index contributed by atoms with van der Waals surface area (Å²) in [6.07, 6.45) is 6.44. The monoisotopic (exact) mass is 462 g/mol. The smallest absolute Gasteiger partial charge is 0.256 e. The molecule has 0 amide bonds. The van der Waals surface area contributed by atoms with Crippen LogP contribution >= 0.6 is 0 Å². The van der Waals surface area contributed by atoms with E-state index in [1.807, 2.05) is 25.1 Å². The SMILES string of the molecule is CCCCC(=NOc1ncnc(N2CCC(c3nc(C(C)C)no3)CC2)c1C)c1ccccc1. The second-order valence-corrected chi connectivity index (χ2v) is 9.13. The van der Waals surface area contributed by atoms with Gasteiger partial charge in [-0.3, -0.25) is 0 Å². The van der Waals surface area contributed by atoms with Crippen LogP contribution in [0, 0.1) is 6.92 Å². The molecule has 1 aromatic carbocycles. The van der Waals surface area contributed by atoms with Gasteiger partial charge in [0.1, 0.15) is 12.1 Å². The lowest BCUT2D eigenvalue weighted by atomic mass is 9.96. The van der Waals surface area contributed by atoms with Crippen molar-refractivity contribution >= 4 is 11.5 Å². The number of oxime groups is 1. The van der Waals surface area contributed by atoms with Gasteiger partial charge < -0.3 is 14.3 Å². The minimum Gasteiger partial charge on any atom is -0.356 e. The van der Waals surface area contributed by atoms with Crippen LogP contribution in [0.1, 0.15) is 87.6 Å². The standard InChI is InChI=1S/C26H34N6O2/c1-5-6-12-22(20-10-8-7-9-11-20)30-33-25-19(4)24(27-17-28-25)32-15-13-21(14-16-32)26-29-23(18(2)3)31-34-26/h7-11,17-18,21H,5-6,12-16H2,1-4H3. The largest absolute Gasteiger partial charge is 0.356 e. The first kappa shape index (κ1) is 23.9. The van der Waals surface area contributed by atoms with Crippen molar-refractivity contribution in [2.75, 3.05) is 18.0 Å². The quantitative estimate of drug-likeness (QED) is 0.300. The van der Waals surface area contributed by atoms with Gasteiger partial charge in [-0.2, -0.15) is 9.97 Å². The third-order valence-electron chi connectivity index (χ3n) is 6.25. The molecule has 1 aliphatic heterocycles. The maximum atomic E-state index is 5.87. The molecule has 2 aromatic heterocycles. The van der Waals surface area contributed by atoms with E-state index in [1.54, 1.807) is 6.33 Å². The van der Waals surface area contributed by atoms with Crippen LogP contribution in [0.15, 0.2) is 46.3 Å². The molecule has 34 heavy (non-hydrogen) atoms. The van der Waals surface area contributed by atoms with E-state index in [-0.39, 0.29) is 11.8 Å². The summed E-state index contributed by atoms with van der Waals surface area (Å²) >= 11 is 0. The van der Waals surface area contributed by atoms with Gasteiger partial charge in [-0.05, 0) is 38.2 Å². The zero-order chi connectivity index (χ0) is 23.9. The number of benzene rings is 1. The van der Waals surface area contributed by atoms with Gasteiger partial charge in [-0.15, -0.1) is 0 Å². The highest BCUT2D eigenvalue weighted by molar-refractivity contribution is 6.00. The molecule has 8 nitrogen and oxygen atoms in total. The molecule has 8 heteroatoms. The van der Waals surface area contributed by atoms with E-state index < -0.39 is 0 Å². The van der Waals surface area contributed by atoms with E-state index in [0.29, 0.717) is 5.88 Å². The van der Waals surface area contributed by atoms with Crippen LogP contribution in [0.25, 0.3) is 0 Å². The van der Waals surface area contributed by atoms with Crippen LogP contribution in [0.2, 0.25) is 0 Å². The molecule has 0 saturated carbocycles. The molecule has 1 fully saturated rings. The van der Waals surface area contributed by atoms with E-state index in [1.165, 1.54) is 0 Å². The van der Waals surface area contributed by atoms with Crippen molar-refractivity contribution in [2.45, 2.75) is 71.6 Å². The Morgan fingerprint density at radius 3 is 2.62 bits per heavy atom. The zero-order valence-electron chi connectivity index (χ0n) is 20.6. The summed E-state index contributed by atoms with van der Waals surface area (Å²) < 4.78 is 5.53. The number of piperidine rings is 1. The summed E-state index contributed by atoms with van der Waals surface area (Å²) in [4.78, 5) is 21.7. The Morgan fingerprint density at radius 1 is 1.18 bits per heavy atom. The molecular weight excluding hydrogens is 428 g/mol. The summed E-state index contributed by atoms with van der Waals surface area (Å²) in [5.41, 5.74) is 2.90. The molecule has 1 saturated heterocycles. The Labute approximate surface area is 201 Å². The summed E-state index contributed by atoms with van der Waals surface area (Å²) in [7, 11) is 0. The van der Waals surface area contributed by atoms with Crippen LogP contribution in [0.3, 0.4) is 0 Å². The maximum absolute atomic E-state index is 5.87. The Kier molecular flexibility index (Phi) is 7.87. The normalized spacial score (nSPS) is 15.2. The lowest BCUT2D eigenvalue weighted by molar-refractivity contribution is 0.320. The molecule has 3 aromatic rings. The van der Waals surface area contributed by atoms with Gasteiger partial charge in [-0.1, -0.05) is 67.8 Å². The highest BCUT2D eigenvalue weighted by Gasteiger charge is 2.27. The molecule has 0 spiro atoms. The van der Waals surface area contributed by atoms with Crippen molar-refractivity contribution in [3.05, 3.63) is 59.5 Å². The van der Waals surface area contributed by atoms with Crippen LogP contribution in [0.4, 0.5) is 5.82 Å². The molecule has 0 atom stereocenters. The molecule has 0 radical (unpaired) electrons. The average molecular weight is 463 g/mol. The molecule has 0 bridgehead atoms. The van der Waals surface area contributed by atoms with Gasteiger partial charge in [0, 0.05) is 24.9 Å². The number of unbranched alkanes of at least 4 members (excludes halogenated alkanes) is 1. The molecule has 0 unspecified atom stereocenters. The van der Waals surface area contributed by atoms with Crippen molar-refractivity contribution in [3.63, 3.8) is 0 Å². The summed E-state index contributed by atoms with van der Waals surface area (Å²) in [6.45, 7) is 10.0. The second-order valence-electron chi connectivity index (χ2n) is 9.13. The van der Waals surface area contributed by atoms with E-state index in [2.05, 4.69) is 63.1 Å². The van der Waals surface area contributed by atoms with Crippen LogP contribution in [-0.4, -0.2) is 38.9 Å². The van der Waals surface area contributed by atoms with E-state index in [4.69, 9.17) is 9.36 Å². The van der Waals surface area contributed by atoms with Crippen LogP contribution in [-0.2, 0) is 0 Å². The van der Waals surface area contributed by atoms with Gasteiger partial charge in [0.2, 0.25) is 5.89 Å². The van der Waals surface area contributed by atoms with Crippen molar-refractivity contribution < 1.29 is 9.36 Å². The minimum absolute atomic E-state index is 0.270. The fourth-order valence-electron chi connectivity index (χ4n) is 4.14. The number of nitrogens with zero attached hydrogens (tertiary/aromatic N) is 6. The van der Waals surface area contributed by atoms with Gasteiger partial charge in [-0.25, -0.2) is 4.98 Å². The predicted molar refractivity (Wildman–Crippen MR) is 132 cm³/mol. The number of rotatable bonds is 9. The fourth-order valence-corrected chi connectivity index (χ4v) is 4.14. The van der Waals surface area contributed by atoms with Crippen molar-refractivity contribution in [3.8, 4) is 5.88 Å². The van der Waals surface area contributed by atoms with E-state index in [0.717, 1.165) is 79.6 Å². The van der Waals surface area contributed by atoms with E-state index in [9.17, 15) is 0 Å². The lowest BCUT2D eigenvalue weighted by Crippen LogP contribution is -2.34. The Hall–Kier alpha value is -3.29. The zero-order valence-corrected chi connectivity index (χ0v) is 20.6. The topological polar surface area (TPSA) is 89.5 Å². The predicted octanol–water partition coefficient (Wildman–Crippen LogP) is 5.65. The first-order valence-electron chi connectivity index (χ1n) is 12.3. The average Bonchev–Trinajstić information content (AvgIpc) is 3.37. The second kappa shape index (κ2) is 11.2. The molecular formula is C26H34N6O2. The summed E-state index contributed by atoms with van der Waals surface area (Å²) in [6, 6.07) is 10.2. The highest BCUT2D eigenvalue weighted by atomic mass is 16.6. The Balaban J connectivity index is 1.45. The fraction of sp³-hybridized carbons (Fsp3) is 0.500. The number of aromatic nitrogens is 4. The van der Waals surface area contributed by atoms with Crippen LogP contribution < -0.4 is 9.74 Å². The highest BCUT2D eigenvalue weighted by Crippen LogP contribution is 2.32. The Bertz CT molecular complexity index is 1090. The van der Waals surface area contributed by atoms with Crippen molar-refractivity contribution in [1.82, 2.24) is 20.1 Å².